The zero-order valence-corrected chi connectivity index (χ0v) is 23.0. The van der Waals surface area contributed by atoms with Gasteiger partial charge in [-0.3, -0.25) is 19.4 Å². The lowest BCUT2D eigenvalue weighted by Gasteiger charge is -2.37. The van der Waals surface area contributed by atoms with Crippen molar-refractivity contribution in [2.75, 3.05) is 36.4 Å². The van der Waals surface area contributed by atoms with Gasteiger partial charge in [0.2, 0.25) is 11.9 Å². The van der Waals surface area contributed by atoms with Gasteiger partial charge in [0.15, 0.2) is 0 Å². The number of fused-ring (bicyclic) bond motifs is 1. The molecule has 1 aliphatic carbocycles. The number of anilines is 3. The Balaban J connectivity index is 1.61. The molecule has 3 amide bonds. The van der Waals surface area contributed by atoms with E-state index in [1.54, 1.807) is 13.2 Å². The van der Waals surface area contributed by atoms with E-state index in [2.05, 4.69) is 27.2 Å². The summed E-state index contributed by atoms with van der Waals surface area (Å²) in [6.45, 7) is 3.55. The van der Waals surface area contributed by atoms with E-state index < -0.39 is 29.9 Å². The second-order valence-corrected chi connectivity index (χ2v) is 9.90. The number of aromatic nitrogens is 2. The average Bonchev–Trinajstić information content (AvgIpc) is 2.92. The highest BCUT2D eigenvalue weighted by molar-refractivity contribution is 6.42. The van der Waals surface area contributed by atoms with Crippen molar-refractivity contribution in [3.8, 4) is 11.5 Å². The van der Waals surface area contributed by atoms with Crippen LogP contribution in [0.2, 0.25) is 10.0 Å². The van der Waals surface area contributed by atoms with Crippen molar-refractivity contribution in [1.29, 1.82) is 0 Å². The number of carboxylic acids is 1. The largest absolute Gasteiger partial charge is 0.495 e. The van der Waals surface area contributed by atoms with Crippen molar-refractivity contribution >= 4 is 58.6 Å². The minimum atomic E-state index is -0.908. The molecule has 0 saturated heterocycles. The van der Waals surface area contributed by atoms with Crippen LogP contribution in [0, 0.1) is 5.92 Å². The monoisotopic (exact) mass is 578 g/mol. The third kappa shape index (κ3) is 5.52. The van der Waals surface area contributed by atoms with Crippen molar-refractivity contribution in [3.63, 3.8) is 0 Å². The van der Waals surface area contributed by atoms with Gasteiger partial charge < -0.3 is 25.2 Å². The van der Waals surface area contributed by atoms with E-state index in [-0.39, 0.29) is 40.7 Å². The first-order chi connectivity index (χ1) is 18.6. The van der Waals surface area contributed by atoms with Crippen LogP contribution in [-0.2, 0) is 16.1 Å². The second kappa shape index (κ2) is 11.5. The predicted octanol–water partition coefficient (Wildman–Crippen LogP) is 3.71. The van der Waals surface area contributed by atoms with Gasteiger partial charge in [-0.15, -0.1) is 0 Å². The molecule has 208 valence electrons. The number of nitrogens with zero attached hydrogens (tertiary/aromatic N) is 4. The first kappa shape index (κ1) is 28.2. The van der Waals surface area contributed by atoms with E-state index in [4.69, 9.17) is 32.7 Å². The van der Waals surface area contributed by atoms with E-state index in [1.165, 1.54) is 30.1 Å². The topological polar surface area (TPSA) is 146 Å². The number of carboxylic acid groups (broad SMARTS) is 1. The lowest BCUT2D eigenvalue weighted by Crippen LogP contribution is -2.51. The zero-order valence-electron chi connectivity index (χ0n) is 21.5. The molecule has 4 rings (SSSR count). The van der Waals surface area contributed by atoms with Crippen LogP contribution in [-0.4, -0.2) is 66.3 Å². The molecule has 12 nitrogen and oxygen atoms in total. The van der Waals surface area contributed by atoms with E-state index >= 15 is 0 Å². The molecule has 39 heavy (non-hydrogen) atoms. The Hall–Kier alpha value is -3.77. The number of nitrogens with one attached hydrogen (secondary N) is 2. The number of hydrogen-bond donors (Lipinski definition) is 3. The zero-order chi connectivity index (χ0) is 28.4. The molecule has 3 atom stereocenters. The highest BCUT2D eigenvalue weighted by Crippen LogP contribution is 2.47. The Morgan fingerprint density at radius 1 is 1.18 bits per heavy atom. The summed E-state index contributed by atoms with van der Waals surface area (Å²) in [6, 6.07) is 0.290. The van der Waals surface area contributed by atoms with Gasteiger partial charge in [-0.2, -0.15) is 4.98 Å². The van der Waals surface area contributed by atoms with Crippen LogP contribution < -0.4 is 29.9 Å². The molecule has 1 aromatic carbocycles. The van der Waals surface area contributed by atoms with Crippen molar-refractivity contribution in [1.82, 2.24) is 15.3 Å². The third-order valence-electron chi connectivity index (χ3n) is 6.85. The highest BCUT2D eigenvalue weighted by atomic mass is 35.5. The number of hydrogen-bond acceptors (Lipinski definition) is 8. The quantitative estimate of drug-likeness (QED) is 0.399. The Kier molecular flexibility index (Phi) is 8.36. The van der Waals surface area contributed by atoms with E-state index in [0.717, 1.165) is 6.08 Å². The van der Waals surface area contributed by atoms with Crippen LogP contribution in [0.25, 0.3) is 0 Å². The fourth-order valence-corrected chi connectivity index (χ4v) is 5.50. The van der Waals surface area contributed by atoms with Gasteiger partial charge >= 0.3 is 12.0 Å². The van der Waals surface area contributed by atoms with Crippen LogP contribution in [0.15, 0.2) is 24.9 Å². The van der Waals surface area contributed by atoms with Gasteiger partial charge in [0, 0.05) is 30.9 Å². The van der Waals surface area contributed by atoms with E-state index in [9.17, 15) is 19.5 Å². The van der Waals surface area contributed by atoms with Gasteiger partial charge in [-0.05, 0) is 25.3 Å². The van der Waals surface area contributed by atoms with Crippen LogP contribution in [0.4, 0.5) is 22.2 Å². The Labute approximate surface area is 234 Å². The maximum absolute atomic E-state index is 13.5. The van der Waals surface area contributed by atoms with Crippen LogP contribution in [0.1, 0.15) is 24.8 Å². The fraction of sp³-hybridized carbons (Fsp3) is 0.400. The third-order valence-corrected chi connectivity index (χ3v) is 7.58. The maximum atomic E-state index is 13.5. The molecule has 1 saturated carbocycles. The minimum absolute atomic E-state index is 0.0796. The maximum Gasteiger partial charge on any atom is 0.330 e. The van der Waals surface area contributed by atoms with Crippen LogP contribution >= 0.6 is 23.2 Å². The minimum Gasteiger partial charge on any atom is -0.495 e. The van der Waals surface area contributed by atoms with Crippen molar-refractivity contribution < 1.29 is 29.0 Å². The van der Waals surface area contributed by atoms with E-state index in [0.29, 0.717) is 35.7 Å². The summed E-state index contributed by atoms with van der Waals surface area (Å²) in [4.78, 5) is 48.7. The second-order valence-electron chi connectivity index (χ2n) is 9.15. The number of halogens is 2. The average molecular weight is 579 g/mol. The molecule has 2 heterocycles. The molecular weight excluding hydrogens is 551 g/mol. The van der Waals surface area contributed by atoms with Crippen LogP contribution in [0.5, 0.6) is 11.5 Å². The Bertz CT molecular complexity index is 1300. The number of carbonyl (C=O) groups excluding carboxylic acids is 2. The first-order valence-electron chi connectivity index (χ1n) is 12.0. The lowest BCUT2D eigenvalue weighted by atomic mass is 9.82. The molecule has 1 aromatic heterocycles. The van der Waals surface area contributed by atoms with E-state index in [1.807, 2.05) is 0 Å². The van der Waals surface area contributed by atoms with Gasteiger partial charge in [0.05, 0.1) is 38.4 Å². The normalized spacial score (nSPS) is 20.6. The summed E-state index contributed by atoms with van der Waals surface area (Å²) in [7, 11) is 4.46. The SMILES string of the molecule is C=CC(=O)N[C@H]1C[C@H](C(=O)O)CC[C@H]1Nc1ncc2c(n1)N(C)C(=O)N(c1c(Cl)c(OC)cc(OC)c1Cl)C2. The highest BCUT2D eigenvalue weighted by Gasteiger charge is 2.37. The molecule has 0 bridgehead atoms. The smallest absolute Gasteiger partial charge is 0.330 e. The molecule has 14 heteroatoms. The van der Waals surface area contributed by atoms with Crippen molar-refractivity contribution in [3.05, 3.63) is 40.5 Å². The summed E-state index contributed by atoms with van der Waals surface area (Å²) in [5.41, 5.74) is 0.859. The summed E-state index contributed by atoms with van der Waals surface area (Å²) in [6.07, 6.45) is 3.87. The molecule has 0 unspecified atom stereocenters. The van der Waals surface area contributed by atoms with Crippen molar-refractivity contribution in [2.45, 2.75) is 37.9 Å². The predicted molar refractivity (Wildman–Crippen MR) is 146 cm³/mol. The number of ether oxygens (including phenoxy) is 2. The number of benzene rings is 1. The molecule has 1 aliphatic heterocycles. The summed E-state index contributed by atoms with van der Waals surface area (Å²) in [5.74, 6) is -0.692. The molecule has 2 aliphatic rings. The number of rotatable bonds is 8. The summed E-state index contributed by atoms with van der Waals surface area (Å²) < 4.78 is 10.7. The molecule has 1 fully saturated rings. The summed E-state index contributed by atoms with van der Waals surface area (Å²) >= 11 is 13.1. The molecule has 3 N–H and O–H groups in total. The number of methoxy groups -OCH3 is 2. The lowest BCUT2D eigenvalue weighted by molar-refractivity contribution is -0.143. The van der Waals surface area contributed by atoms with Gasteiger partial charge in [0.25, 0.3) is 0 Å². The summed E-state index contributed by atoms with van der Waals surface area (Å²) in [5, 5.41) is 15.8. The fourth-order valence-electron chi connectivity index (χ4n) is 4.80. The Morgan fingerprint density at radius 2 is 1.85 bits per heavy atom. The molecular formula is C25H28Cl2N6O6. The van der Waals surface area contributed by atoms with Crippen LogP contribution in [0.3, 0.4) is 0 Å². The first-order valence-corrected chi connectivity index (χ1v) is 12.8. The molecule has 0 radical (unpaired) electrons. The number of urea groups is 1. The van der Waals surface area contributed by atoms with Gasteiger partial charge in [-0.1, -0.05) is 29.8 Å². The molecule has 2 aromatic rings. The van der Waals surface area contributed by atoms with Crippen molar-refractivity contribution in [2.24, 2.45) is 5.92 Å². The van der Waals surface area contributed by atoms with Gasteiger partial charge in [0.1, 0.15) is 27.4 Å². The standard InChI is InChI=1S/C25H28Cl2N6O6/c1-5-18(34)29-15-8-12(23(35)36)6-7-14(15)30-24-28-10-13-11-33(25(37)32(2)22(13)31-24)21-19(26)16(38-3)9-17(39-4)20(21)27/h5,9-10,12,14-15H,1,6-8,11H2,2-4H3,(H,29,34)(H,35,36)(H,28,30,31)/t12-,14-,15+/m1/s1. The molecule has 0 spiro atoms. The number of amides is 3. The number of aliphatic carboxylic acids is 1. The number of carbonyl (C=O) groups is 3. The Morgan fingerprint density at radius 3 is 2.44 bits per heavy atom. The van der Waals surface area contributed by atoms with Gasteiger partial charge in [-0.25, -0.2) is 9.78 Å².